The molecule has 1 saturated carbocycles. The number of piperidine rings is 1. The molecular weight excluding hydrogens is 250 g/mol. The number of carboxylic acids is 1. The fraction of sp³-hybridized carbons (Fsp3) is 0.588. The van der Waals surface area contributed by atoms with Gasteiger partial charge in [0.2, 0.25) is 0 Å². The maximum Gasteiger partial charge on any atom is 0.308 e. The monoisotopic (exact) mass is 273 g/mol. The van der Waals surface area contributed by atoms with Gasteiger partial charge in [0.1, 0.15) is 0 Å². The standard InChI is InChI=1S/C17H23NO2/c19-17(20)15-6-7-16(15)18-10-8-14(9-11-18)12-13-4-2-1-3-5-13/h1-5,14-16H,6-12H2,(H,19,20). The van der Waals surface area contributed by atoms with Crippen molar-refractivity contribution in [2.24, 2.45) is 11.8 Å². The quantitative estimate of drug-likeness (QED) is 0.917. The Labute approximate surface area is 120 Å². The van der Waals surface area contributed by atoms with Gasteiger partial charge in [0.25, 0.3) is 0 Å². The third-order valence-electron chi connectivity index (χ3n) is 5.04. The maximum atomic E-state index is 11.1. The summed E-state index contributed by atoms with van der Waals surface area (Å²) in [6.45, 7) is 2.15. The molecule has 3 rings (SSSR count). The average molecular weight is 273 g/mol. The molecule has 0 bridgehead atoms. The van der Waals surface area contributed by atoms with Crippen LogP contribution in [0.1, 0.15) is 31.2 Å². The van der Waals surface area contributed by atoms with Crippen LogP contribution in [0.3, 0.4) is 0 Å². The van der Waals surface area contributed by atoms with Crippen LogP contribution >= 0.6 is 0 Å². The van der Waals surface area contributed by atoms with E-state index in [-0.39, 0.29) is 5.92 Å². The minimum atomic E-state index is -0.604. The molecule has 0 aromatic heterocycles. The third-order valence-corrected chi connectivity index (χ3v) is 5.04. The van der Waals surface area contributed by atoms with Gasteiger partial charge < -0.3 is 5.11 Å². The lowest BCUT2D eigenvalue weighted by molar-refractivity contribution is -0.149. The van der Waals surface area contributed by atoms with Gasteiger partial charge in [-0.3, -0.25) is 9.69 Å². The van der Waals surface area contributed by atoms with Gasteiger partial charge in [0, 0.05) is 6.04 Å². The Bertz CT molecular complexity index is 451. The number of nitrogens with zero attached hydrogens (tertiary/aromatic N) is 1. The first-order valence-corrected chi connectivity index (χ1v) is 7.75. The molecule has 1 saturated heterocycles. The van der Waals surface area contributed by atoms with Crippen molar-refractivity contribution in [1.82, 2.24) is 4.90 Å². The van der Waals surface area contributed by atoms with Gasteiger partial charge in [-0.1, -0.05) is 30.3 Å². The van der Waals surface area contributed by atoms with Crippen molar-refractivity contribution in [3.8, 4) is 0 Å². The van der Waals surface area contributed by atoms with E-state index in [1.54, 1.807) is 0 Å². The molecule has 1 N–H and O–H groups in total. The minimum Gasteiger partial charge on any atom is -0.481 e. The molecule has 2 atom stereocenters. The van der Waals surface area contributed by atoms with Crippen molar-refractivity contribution < 1.29 is 9.90 Å². The highest BCUT2D eigenvalue weighted by Crippen LogP contribution is 2.35. The summed E-state index contributed by atoms with van der Waals surface area (Å²) in [6, 6.07) is 11.0. The van der Waals surface area contributed by atoms with E-state index < -0.39 is 5.97 Å². The smallest absolute Gasteiger partial charge is 0.308 e. The summed E-state index contributed by atoms with van der Waals surface area (Å²) in [7, 11) is 0. The molecule has 2 fully saturated rings. The second-order valence-electron chi connectivity index (χ2n) is 6.26. The van der Waals surface area contributed by atoms with E-state index in [2.05, 4.69) is 35.2 Å². The lowest BCUT2D eigenvalue weighted by atomic mass is 9.77. The average Bonchev–Trinajstić information content (AvgIpc) is 2.40. The van der Waals surface area contributed by atoms with Crippen LogP contribution in [0.25, 0.3) is 0 Å². The molecule has 1 aromatic carbocycles. The Kier molecular flexibility index (Phi) is 4.06. The number of carboxylic acid groups (broad SMARTS) is 1. The van der Waals surface area contributed by atoms with Crippen molar-refractivity contribution in [2.45, 2.75) is 38.1 Å². The predicted octanol–water partition coefficient (Wildman–Crippen LogP) is 2.80. The molecule has 0 amide bonds. The van der Waals surface area contributed by atoms with Crippen molar-refractivity contribution in [2.75, 3.05) is 13.1 Å². The maximum absolute atomic E-state index is 11.1. The van der Waals surface area contributed by atoms with Gasteiger partial charge in [-0.25, -0.2) is 0 Å². The summed E-state index contributed by atoms with van der Waals surface area (Å²) in [5.74, 6) is 0.0466. The van der Waals surface area contributed by atoms with Crippen molar-refractivity contribution in [1.29, 1.82) is 0 Å². The van der Waals surface area contributed by atoms with E-state index in [4.69, 9.17) is 5.11 Å². The van der Waals surface area contributed by atoms with Crippen LogP contribution in [0.4, 0.5) is 0 Å². The second kappa shape index (κ2) is 5.96. The Balaban J connectivity index is 1.49. The van der Waals surface area contributed by atoms with Crippen molar-refractivity contribution >= 4 is 5.97 Å². The van der Waals surface area contributed by atoms with Crippen LogP contribution in [0.15, 0.2) is 30.3 Å². The summed E-state index contributed by atoms with van der Waals surface area (Å²) in [4.78, 5) is 13.5. The van der Waals surface area contributed by atoms with Crippen LogP contribution in [0.2, 0.25) is 0 Å². The molecule has 108 valence electrons. The van der Waals surface area contributed by atoms with Crippen LogP contribution in [0.5, 0.6) is 0 Å². The molecule has 1 aliphatic carbocycles. The highest BCUT2D eigenvalue weighted by Gasteiger charge is 2.41. The second-order valence-corrected chi connectivity index (χ2v) is 6.26. The molecule has 3 heteroatoms. The van der Waals surface area contributed by atoms with Crippen LogP contribution in [0, 0.1) is 11.8 Å². The molecule has 1 aromatic rings. The molecule has 1 heterocycles. The van der Waals surface area contributed by atoms with Gasteiger partial charge in [0.15, 0.2) is 0 Å². The van der Waals surface area contributed by atoms with Crippen LogP contribution in [-0.4, -0.2) is 35.1 Å². The van der Waals surface area contributed by atoms with Gasteiger partial charge in [-0.15, -0.1) is 0 Å². The van der Waals surface area contributed by atoms with Crippen molar-refractivity contribution in [3.05, 3.63) is 35.9 Å². The molecule has 1 aliphatic heterocycles. The SMILES string of the molecule is O=C(O)C1CCC1N1CCC(Cc2ccccc2)CC1. The molecule has 20 heavy (non-hydrogen) atoms. The Morgan fingerprint density at radius 2 is 1.80 bits per heavy atom. The molecule has 0 radical (unpaired) electrons. The molecular formula is C17H23NO2. The highest BCUT2D eigenvalue weighted by molar-refractivity contribution is 5.72. The summed E-state index contributed by atoms with van der Waals surface area (Å²) in [5.41, 5.74) is 1.43. The Morgan fingerprint density at radius 1 is 1.10 bits per heavy atom. The number of aliphatic carboxylic acids is 1. The van der Waals surface area contributed by atoms with Gasteiger partial charge in [-0.05, 0) is 56.7 Å². The van der Waals surface area contributed by atoms with E-state index in [0.717, 1.165) is 31.8 Å². The predicted molar refractivity (Wildman–Crippen MR) is 78.6 cm³/mol. The van der Waals surface area contributed by atoms with Gasteiger partial charge >= 0.3 is 5.97 Å². The number of carbonyl (C=O) groups is 1. The van der Waals surface area contributed by atoms with E-state index in [0.29, 0.717) is 6.04 Å². The van der Waals surface area contributed by atoms with E-state index in [1.807, 2.05) is 0 Å². The van der Waals surface area contributed by atoms with Gasteiger partial charge in [0.05, 0.1) is 5.92 Å². The third kappa shape index (κ3) is 2.88. The fourth-order valence-electron chi connectivity index (χ4n) is 3.64. The molecule has 2 unspecified atom stereocenters. The zero-order chi connectivity index (χ0) is 13.9. The van der Waals surface area contributed by atoms with Crippen LogP contribution < -0.4 is 0 Å². The normalized spacial score (nSPS) is 28.0. The first kappa shape index (κ1) is 13.6. The van der Waals surface area contributed by atoms with E-state index in [9.17, 15) is 4.79 Å². The number of likely N-dealkylation sites (tertiary alicyclic amines) is 1. The lowest BCUT2D eigenvalue weighted by Gasteiger charge is -2.45. The minimum absolute atomic E-state index is 0.110. The van der Waals surface area contributed by atoms with E-state index in [1.165, 1.54) is 24.8 Å². The Hall–Kier alpha value is -1.35. The Morgan fingerprint density at radius 3 is 2.35 bits per heavy atom. The first-order valence-electron chi connectivity index (χ1n) is 7.75. The zero-order valence-corrected chi connectivity index (χ0v) is 11.9. The summed E-state index contributed by atoms with van der Waals surface area (Å²) < 4.78 is 0. The number of hydrogen-bond donors (Lipinski definition) is 1. The summed E-state index contributed by atoms with van der Waals surface area (Å²) in [6.07, 6.45) is 5.52. The zero-order valence-electron chi connectivity index (χ0n) is 11.9. The molecule has 2 aliphatic rings. The van der Waals surface area contributed by atoms with Crippen molar-refractivity contribution in [3.63, 3.8) is 0 Å². The van der Waals surface area contributed by atoms with Crippen LogP contribution in [-0.2, 0) is 11.2 Å². The topological polar surface area (TPSA) is 40.5 Å². The molecule has 0 spiro atoms. The fourth-order valence-corrected chi connectivity index (χ4v) is 3.64. The van der Waals surface area contributed by atoms with Gasteiger partial charge in [-0.2, -0.15) is 0 Å². The number of rotatable bonds is 4. The lowest BCUT2D eigenvalue weighted by Crippen LogP contribution is -2.52. The largest absolute Gasteiger partial charge is 0.481 e. The summed E-state index contributed by atoms with van der Waals surface area (Å²) in [5, 5.41) is 9.15. The highest BCUT2D eigenvalue weighted by atomic mass is 16.4. The number of benzene rings is 1. The number of hydrogen-bond acceptors (Lipinski definition) is 2. The first-order chi connectivity index (χ1) is 9.74. The molecule has 3 nitrogen and oxygen atoms in total. The summed E-state index contributed by atoms with van der Waals surface area (Å²) >= 11 is 0. The van der Waals surface area contributed by atoms with E-state index >= 15 is 0 Å².